The molecule has 3 heterocycles. The Hall–Kier alpha value is -2.71. The Morgan fingerprint density at radius 3 is 2.88 bits per heavy atom. The quantitative estimate of drug-likeness (QED) is 0.587. The Balaban J connectivity index is 1.39. The molecular weight excluding hydrogens is 450 g/mol. The summed E-state index contributed by atoms with van der Waals surface area (Å²) in [6.07, 6.45) is 2.47. The zero-order valence-corrected chi connectivity index (χ0v) is 18.8. The van der Waals surface area contributed by atoms with Crippen LogP contribution < -0.4 is 5.32 Å². The average Bonchev–Trinajstić information content (AvgIpc) is 3.41. The van der Waals surface area contributed by atoms with Gasteiger partial charge in [-0.05, 0) is 53.3 Å². The molecule has 2 aliphatic rings. The number of likely N-dealkylation sites (tertiary alicyclic amines) is 1. The SMILES string of the molecule is N#Cc1c(NC(=O)/C=C/c2ccsc2)sc2c1CCC(OC(=O)N1CCC(O)C(O)C1)C2. The standard InChI is InChI=1S/C22H23N3O5S2/c23-10-16-15-3-2-14(30-22(29)25-7-5-17(26)18(27)11-25)9-19(15)32-21(16)24-20(28)4-1-13-6-8-31-12-13/h1,4,6,8,12,14,17-18,26-27H,2-3,5,7,9,11H2,(H,24,28)/b4-1+. The number of hydrogen-bond acceptors (Lipinski definition) is 8. The topological polar surface area (TPSA) is 123 Å². The molecule has 0 spiro atoms. The number of carbonyl (C=O) groups excluding carboxylic acids is 2. The number of rotatable bonds is 4. The van der Waals surface area contributed by atoms with E-state index in [-0.39, 0.29) is 18.6 Å². The van der Waals surface area contributed by atoms with Gasteiger partial charge in [0.2, 0.25) is 5.91 Å². The number of amides is 2. The van der Waals surface area contributed by atoms with Crippen LogP contribution in [0.15, 0.2) is 22.9 Å². The molecule has 3 N–H and O–H groups in total. The van der Waals surface area contributed by atoms with Crippen molar-refractivity contribution in [2.75, 3.05) is 18.4 Å². The minimum atomic E-state index is -0.968. The molecule has 3 atom stereocenters. The minimum Gasteiger partial charge on any atom is -0.446 e. The van der Waals surface area contributed by atoms with Gasteiger partial charge in [0.1, 0.15) is 17.2 Å². The highest BCUT2D eigenvalue weighted by Gasteiger charge is 2.33. The number of carbonyl (C=O) groups is 2. The van der Waals surface area contributed by atoms with E-state index in [2.05, 4.69) is 11.4 Å². The van der Waals surface area contributed by atoms with Crippen LogP contribution in [0.25, 0.3) is 6.08 Å². The summed E-state index contributed by atoms with van der Waals surface area (Å²) in [7, 11) is 0. The van der Waals surface area contributed by atoms with Crippen molar-refractivity contribution in [3.63, 3.8) is 0 Å². The molecule has 8 nitrogen and oxygen atoms in total. The number of nitriles is 1. The van der Waals surface area contributed by atoms with Crippen LogP contribution in [0.2, 0.25) is 0 Å². The van der Waals surface area contributed by atoms with Crippen molar-refractivity contribution >= 4 is 45.8 Å². The maximum absolute atomic E-state index is 12.5. The van der Waals surface area contributed by atoms with Crippen LogP contribution in [-0.2, 0) is 22.4 Å². The second-order valence-corrected chi connectivity index (χ2v) is 9.70. The third-order valence-electron chi connectivity index (χ3n) is 5.61. The van der Waals surface area contributed by atoms with E-state index < -0.39 is 18.3 Å². The number of hydrogen-bond donors (Lipinski definition) is 3. The fraction of sp³-hybridized carbons (Fsp3) is 0.409. The minimum absolute atomic E-state index is 0.0463. The van der Waals surface area contributed by atoms with E-state index in [0.717, 1.165) is 16.0 Å². The normalized spacial score (nSPS) is 22.9. The number of anilines is 1. The predicted molar refractivity (Wildman–Crippen MR) is 122 cm³/mol. The van der Waals surface area contributed by atoms with Crippen LogP contribution in [0.4, 0.5) is 9.80 Å². The second-order valence-electron chi connectivity index (χ2n) is 7.82. The Morgan fingerprint density at radius 2 is 2.16 bits per heavy atom. The number of thiophene rings is 2. The highest BCUT2D eigenvalue weighted by Crippen LogP contribution is 2.38. The van der Waals surface area contributed by atoms with Crippen LogP contribution in [0.5, 0.6) is 0 Å². The molecule has 0 bridgehead atoms. The maximum Gasteiger partial charge on any atom is 0.410 e. The number of nitrogens with zero attached hydrogens (tertiary/aromatic N) is 2. The van der Waals surface area contributed by atoms with Gasteiger partial charge in [-0.15, -0.1) is 11.3 Å². The second kappa shape index (κ2) is 9.83. The molecule has 0 saturated carbocycles. The fourth-order valence-corrected chi connectivity index (χ4v) is 5.75. The van der Waals surface area contributed by atoms with Gasteiger partial charge in [-0.3, -0.25) is 4.79 Å². The van der Waals surface area contributed by atoms with Gasteiger partial charge >= 0.3 is 6.09 Å². The monoisotopic (exact) mass is 473 g/mol. The van der Waals surface area contributed by atoms with Crippen molar-refractivity contribution in [2.45, 2.75) is 44.0 Å². The number of fused-ring (bicyclic) bond motifs is 1. The number of piperidine rings is 1. The molecule has 3 unspecified atom stereocenters. The average molecular weight is 474 g/mol. The van der Waals surface area contributed by atoms with E-state index in [1.165, 1.54) is 22.3 Å². The molecule has 0 radical (unpaired) electrons. The van der Waals surface area contributed by atoms with Crippen LogP contribution in [-0.4, -0.2) is 58.5 Å². The van der Waals surface area contributed by atoms with Gasteiger partial charge in [-0.25, -0.2) is 4.79 Å². The molecule has 32 heavy (non-hydrogen) atoms. The maximum atomic E-state index is 12.5. The van der Waals surface area contributed by atoms with Crippen molar-refractivity contribution in [3.05, 3.63) is 44.5 Å². The number of β-amino-alcohol motifs (C(OH)–C–C–N with tert-alkyl or cyclic N) is 1. The molecule has 1 aliphatic carbocycles. The van der Waals surface area contributed by atoms with Crippen LogP contribution in [0.1, 0.15) is 34.4 Å². The first kappa shape index (κ1) is 22.5. The lowest BCUT2D eigenvalue weighted by Crippen LogP contribution is -2.49. The number of ether oxygens (including phenoxy) is 1. The summed E-state index contributed by atoms with van der Waals surface area (Å²) in [5.74, 6) is -0.305. The summed E-state index contributed by atoms with van der Waals surface area (Å²) in [4.78, 5) is 27.1. The van der Waals surface area contributed by atoms with Crippen LogP contribution in [0, 0.1) is 11.3 Å². The van der Waals surface area contributed by atoms with Gasteiger partial charge in [-0.2, -0.15) is 16.6 Å². The van der Waals surface area contributed by atoms with Gasteiger partial charge in [0.25, 0.3) is 0 Å². The number of aliphatic hydroxyl groups is 2. The van der Waals surface area contributed by atoms with Crippen LogP contribution >= 0.6 is 22.7 Å². The summed E-state index contributed by atoms with van der Waals surface area (Å²) < 4.78 is 5.64. The van der Waals surface area contributed by atoms with Gasteiger partial charge < -0.3 is 25.2 Å². The number of aliphatic hydroxyl groups excluding tert-OH is 2. The zero-order valence-electron chi connectivity index (χ0n) is 17.2. The molecule has 10 heteroatoms. The molecular formula is C22H23N3O5S2. The molecule has 2 amide bonds. The van der Waals surface area contributed by atoms with Crippen molar-refractivity contribution < 1.29 is 24.5 Å². The Morgan fingerprint density at radius 1 is 1.31 bits per heavy atom. The molecule has 1 aliphatic heterocycles. The first-order valence-corrected chi connectivity index (χ1v) is 12.1. The molecule has 1 saturated heterocycles. The first-order chi connectivity index (χ1) is 15.4. The molecule has 168 valence electrons. The summed E-state index contributed by atoms with van der Waals surface area (Å²) in [6, 6.07) is 4.11. The molecule has 4 rings (SSSR count). The van der Waals surface area contributed by atoms with Crippen molar-refractivity contribution in [3.8, 4) is 6.07 Å². The fourth-order valence-electron chi connectivity index (χ4n) is 3.86. The highest BCUT2D eigenvalue weighted by atomic mass is 32.1. The van der Waals surface area contributed by atoms with Crippen molar-refractivity contribution in [1.82, 2.24) is 4.90 Å². The Labute approximate surface area is 193 Å². The third-order valence-corrected chi connectivity index (χ3v) is 7.48. The summed E-state index contributed by atoms with van der Waals surface area (Å²) in [5.41, 5.74) is 2.31. The van der Waals surface area contributed by atoms with E-state index >= 15 is 0 Å². The van der Waals surface area contributed by atoms with Gasteiger partial charge in [0.05, 0.1) is 24.3 Å². The van der Waals surface area contributed by atoms with Crippen molar-refractivity contribution in [2.24, 2.45) is 0 Å². The van der Waals surface area contributed by atoms with E-state index in [1.54, 1.807) is 17.4 Å². The molecule has 0 aromatic carbocycles. The van der Waals surface area contributed by atoms with Crippen LogP contribution in [0.3, 0.4) is 0 Å². The number of nitrogens with one attached hydrogen (secondary N) is 1. The zero-order chi connectivity index (χ0) is 22.7. The third kappa shape index (κ3) is 5.02. The lowest BCUT2D eigenvalue weighted by molar-refractivity contribution is -0.111. The van der Waals surface area contributed by atoms with Gasteiger partial charge in [0.15, 0.2) is 0 Å². The van der Waals surface area contributed by atoms with Gasteiger partial charge in [-0.1, -0.05) is 0 Å². The van der Waals surface area contributed by atoms with Gasteiger partial charge in [0, 0.05) is 23.9 Å². The summed E-state index contributed by atoms with van der Waals surface area (Å²) in [6.45, 7) is 0.381. The van der Waals surface area contributed by atoms with E-state index in [4.69, 9.17) is 4.74 Å². The largest absolute Gasteiger partial charge is 0.446 e. The Bertz CT molecular complexity index is 1060. The van der Waals surface area contributed by atoms with E-state index in [0.29, 0.717) is 42.8 Å². The lowest BCUT2D eigenvalue weighted by Gasteiger charge is -2.34. The Kier molecular flexibility index (Phi) is 6.91. The first-order valence-electron chi connectivity index (χ1n) is 10.3. The van der Waals surface area contributed by atoms with E-state index in [9.17, 15) is 25.1 Å². The van der Waals surface area contributed by atoms with Crippen molar-refractivity contribution in [1.29, 1.82) is 5.26 Å². The highest BCUT2D eigenvalue weighted by molar-refractivity contribution is 7.16. The summed E-state index contributed by atoms with van der Waals surface area (Å²) >= 11 is 2.89. The predicted octanol–water partition coefficient (Wildman–Crippen LogP) is 2.75. The smallest absolute Gasteiger partial charge is 0.410 e. The molecule has 2 aromatic heterocycles. The lowest BCUT2D eigenvalue weighted by atomic mass is 9.94. The van der Waals surface area contributed by atoms with E-state index in [1.807, 2.05) is 16.8 Å². The molecule has 1 fully saturated rings. The molecule has 2 aromatic rings. The summed E-state index contributed by atoms with van der Waals surface area (Å²) in [5, 5.41) is 36.2.